The van der Waals surface area contributed by atoms with Gasteiger partial charge in [0.25, 0.3) is 11.4 Å². The van der Waals surface area contributed by atoms with E-state index in [1.807, 2.05) is 24.3 Å². The van der Waals surface area contributed by atoms with Gasteiger partial charge < -0.3 is 14.1 Å². The van der Waals surface area contributed by atoms with Gasteiger partial charge in [0.2, 0.25) is 5.82 Å². The number of benzene rings is 1. The molecule has 0 saturated heterocycles. The first-order chi connectivity index (χ1) is 10.7. The van der Waals surface area contributed by atoms with E-state index >= 15 is 0 Å². The summed E-state index contributed by atoms with van der Waals surface area (Å²) in [7, 11) is 1.68. The second kappa shape index (κ2) is 4.66. The van der Waals surface area contributed by atoms with Crippen LogP contribution in [0.4, 0.5) is 0 Å². The molecule has 0 saturated carbocycles. The molecule has 0 bridgehead atoms. The smallest absolute Gasteiger partial charge is 0.275 e. The Bertz CT molecular complexity index is 1010. The molecule has 4 rings (SSSR count). The van der Waals surface area contributed by atoms with Gasteiger partial charge >= 0.3 is 0 Å². The van der Waals surface area contributed by atoms with E-state index in [4.69, 9.17) is 4.52 Å². The Hall–Kier alpha value is -3.22. The SMILES string of the molecule is Cn1c(-c2nc(-c3ncc[nH]3)no2)cc2ccccc2c1=O. The average molecular weight is 293 g/mol. The molecule has 22 heavy (non-hydrogen) atoms. The molecule has 0 radical (unpaired) electrons. The molecule has 7 heteroatoms. The zero-order chi connectivity index (χ0) is 15.1. The van der Waals surface area contributed by atoms with Crippen molar-refractivity contribution in [2.75, 3.05) is 0 Å². The maximum Gasteiger partial charge on any atom is 0.275 e. The number of nitrogens with zero attached hydrogens (tertiary/aromatic N) is 4. The summed E-state index contributed by atoms with van der Waals surface area (Å²) < 4.78 is 6.78. The van der Waals surface area contributed by atoms with Gasteiger partial charge in [-0.25, -0.2) is 4.98 Å². The van der Waals surface area contributed by atoms with Crippen LogP contribution in [0.1, 0.15) is 0 Å². The van der Waals surface area contributed by atoms with E-state index in [1.165, 1.54) is 4.57 Å². The number of fused-ring (bicyclic) bond motifs is 1. The molecule has 4 aromatic rings. The van der Waals surface area contributed by atoms with Crippen molar-refractivity contribution in [3.05, 3.63) is 53.1 Å². The van der Waals surface area contributed by atoms with Gasteiger partial charge in [0, 0.05) is 24.8 Å². The largest absolute Gasteiger partial charge is 0.342 e. The van der Waals surface area contributed by atoms with Crippen LogP contribution >= 0.6 is 0 Å². The van der Waals surface area contributed by atoms with E-state index in [2.05, 4.69) is 20.1 Å². The molecule has 0 spiro atoms. The molecule has 0 aliphatic heterocycles. The minimum Gasteiger partial charge on any atom is -0.342 e. The topological polar surface area (TPSA) is 89.6 Å². The first-order valence-corrected chi connectivity index (χ1v) is 6.66. The normalized spacial score (nSPS) is 11.1. The highest BCUT2D eigenvalue weighted by Crippen LogP contribution is 2.22. The molecule has 1 N–H and O–H groups in total. The average Bonchev–Trinajstić information content (AvgIpc) is 3.21. The standard InChI is InChI=1S/C15H11N5O2/c1-20-11(8-9-4-2-3-5-10(9)15(20)21)14-18-13(19-22-14)12-16-6-7-17-12/h2-8H,1H3,(H,16,17). The molecule has 3 aromatic heterocycles. The van der Waals surface area contributed by atoms with Crippen LogP contribution in [-0.2, 0) is 7.05 Å². The number of imidazole rings is 1. The number of H-pyrrole nitrogens is 1. The number of pyridine rings is 1. The third-order valence-electron chi connectivity index (χ3n) is 3.50. The maximum atomic E-state index is 12.4. The molecule has 0 fully saturated rings. The van der Waals surface area contributed by atoms with Gasteiger partial charge in [-0.05, 0) is 17.5 Å². The molecule has 0 aliphatic rings. The number of hydrogen-bond acceptors (Lipinski definition) is 5. The lowest BCUT2D eigenvalue weighted by Gasteiger charge is -2.06. The lowest BCUT2D eigenvalue weighted by molar-refractivity contribution is 0.428. The van der Waals surface area contributed by atoms with Crippen molar-refractivity contribution in [3.8, 4) is 23.2 Å². The molecular weight excluding hydrogens is 282 g/mol. The lowest BCUT2D eigenvalue weighted by atomic mass is 10.1. The minimum absolute atomic E-state index is 0.106. The summed E-state index contributed by atoms with van der Waals surface area (Å²) in [6.45, 7) is 0. The molecule has 7 nitrogen and oxygen atoms in total. The predicted octanol–water partition coefficient (Wildman–Crippen LogP) is 1.98. The number of aromatic amines is 1. The number of hydrogen-bond donors (Lipinski definition) is 1. The number of nitrogens with one attached hydrogen (secondary N) is 1. The van der Waals surface area contributed by atoms with Crippen LogP contribution in [0.5, 0.6) is 0 Å². The van der Waals surface area contributed by atoms with Crippen LogP contribution in [0.3, 0.4) is 0 Å². The highest BCUT2D eigenvalue weighted by molar-refractivity contribution is 5.84. The van der Waals surface area contributed by atoms with E-state index in [0.29, 0.717) is 22.7 Å². The molecular formula is C15H11N5O2. The predicted molar refractivity (Wildman–Crippen MR) is 80.1 cm³/mol. The second-order valence-corrected chi connectivity index (χ2v) is 4.84. The zero-order valence-electron chi connectivity index (χ0n) is 11.6. The Morgan fingerprint density at radius 3 is 2.95 bits per heavy atom. The van der Waals surface area contributed by atoms with Gasteiger partial charge in [-0.15, -0.1) is 0 Å². The van der Waals surface area contributed by atoms with E-state index in [-0.39, 0.29) is 11.4 Å². The first kappa shape index (κ1) is 12.5. The second-order valence-electron chi connectivity index (χ2n) is 4.84. The van der Waals surface area contributed by atoms with Gasteiger partial charge in [0.1, 0.15) is 5.69 Å². The number of aromatic nitrogens is 5. The minimum atomic E-state index is -0.106. The van der Waals surface area contributed by atoms with Crippen molar-refractivity contribution in [1.82, 2.24) is 24.7 Å². The molecule has 108 valence electrons. The summed E-state index contributed by atoms with van der Waals surface area (Å²) in [6, 6.07) is 9.25. The fraction of sp³-hybridized carbons (Fsp3) is 0.0667. The van der Waals surface area contributed by atoms with Gasteiger partial charge in [0.05, 0.1) is 0 Å². The molecule has 0 atom stereocenters. The van der Waals surface area contributed by atoms with Crippen molar-refractivity contribution in [2.24, 2.45) is 7.05 Å². The van der Waals surface area contributed by atoms with Crippen LogP contribution in [-0.4, -0.2) is 24.7 Å². The zero-order valence-corrected chi connectivity index (χ0v) is 11.6. The molecule has 0 aliphatic carbocycles. The maximum absolute atomic E-state index is 12.4. The van der Waals surface area contributed by atoms with Crippen LogP contribution in [0.15, 0.2) is 52.0 Å². The van der Waals surface area contributed by atoms with E-state index in [0.717, 1.165) is 5.39 Å². The Morgan fingerprint density at radius 2 is 2.14 bits per heavy atom. The highest BCUT2D eigenvalue weighted by atomic mass is 16.5. The Kier molecular flexibility index (Phi) is 2.65. The van der Waals surface area contributed by atoms with Crippen molar-refractivity contribution >= 4 is 10.8 Å². The summed E-state index contributed by atoms with van der Waals surface area (Å²) in [5.74, 6) is 1.14. The van der Waals surface area contributed by atoms with E-state index in [1.54, 1.807) is 25.5 Å². The van der Waals surface area contributed by atoms with Crippen molar-refractivity contribution in [2.45, 2.75) is 0 Å². The number of rotatable bonds is 2. The van der Waals surface area contributed by atoms with Gasteiger partial charge in [0.15, 0.2) is 5.82 Å². The van der Waals surface area contributed by atoms with Crippen LogP contribution in [0, 0.1) is 0 Å². The molecule has 0 unspecified atom stereocenters. The van der Waals surface area contributed by atoms with Crippen LogP contribution in [0.25, 0.3) is 34.0 Å². The summed E-state index contributed by atoms with van der Waals surface area (Å²) in [6.07, 6.45) is 3.29. The van der Waals surface area contributed by atoms with Crippen LogP contribution in [0.2, 0.25) is 0 Å². The van der Waals surface area contributed by atoms with Gasteiger partial charge in [-0.1, -0.05) is 23.4 Å². The summed E-state index contributed by atoms with van der Waals surface area (Å²) in [5, 5.41) is 5.37. The first-order valence-electron chi connectivity index (χ1n) is 6.66. The third kappa shape index (κ3) is 1.83. The van der Waals surface area contributed by atoms with E-state index < -0.39 is 0 Å². The molecule has 3 heterocycles. The summed E-state index contributed by atoms with van der Waals surface area (Å²) in [5.41, 5.74) is 0.458. The monoisotopic (exact) mass is 293 g/mol. The van der Waals surface area contributed by atoms with Gasteiger partial charge in [-0.2, -0.15) is 4.98 Å². The lowest BCUT2D eigenvalue weighted by Crippen LogP contribution is -2.18. The molecule has 1 aromatic carbocycles. The Labute approximate surface area is 124 Å². The third-order valence-corrected chi connectivity index (χ3v) is 3.50. The Morgan fingerprint density at radius 1 is 1.27 bits per heavy atom. The molecule has 0 amide bonds. The van der Waals surface area contributed by atoms with Crippen molar-refractivity contribution in [3.63, 3.8) is 0 Å². The summed E-state index contributed by atoms with van der Waals surface area (Å²) >= 11 is 0. The quantitative estimate of drug-likeness (QED) is 0.610. The van der Waals surface area contributed by atoms with Gasteiger partial charge in [-0.3, -0.25) is 4.79 Å². The highest BCUT2D eigenvalue weighted by Gasteiger charge is 2.16. The van der Waals surface area contributed by atoms with Crippen LogP contribution < -0.4 is 5.56 Å². The van der Waals surface area contributed by atoms with Crippen molar-refractivity contribution in [1.29, 1.82) is 0 Å². The van der Waals surface area contributed by atoms with E-state index in [9.17, 15) is 4.79 Å². The fourth-order valence-electron chi connectivity index (χ4n) is 2.37. The van der Waals surface area contributed by atoms with Crippen molar-refractivity contribution < 1.29 is 4.52 Å². The fourth-order valence-corrected chi connectivity index (χ4v) is 2.37. The Balaban J connectivity index is 1.91. The summed E-state index contributed by atoms with van der Waals surface area (Å²) in [4.78, 5) is 23.7.